The highest BCUT2D eigenvalue weighted by Gasteiger charge is 2.54. The van der Waals surface area contributed by atoms with Crippen molar-refractivity contribution in [1.29, 1.82) is 0 Å². The molecule has 0 aliphatic heterocycles. The van der Waals surface area contributed by atoms with E-state index in [4.69, 9.17) is 4.74 Å². The lowest BCUT2D eigenvalue weighted by Crippen LogP contribution is -2.51. The number of amides is 1. The summed E-state index contributed by atoms with van der Waals surface area (Å²) in [5, 5.41) is 3.13. The van der Waals surface area contributed by atoms with Gasteiger partial charge in [0, 0.05) is 5.69 Å². The number of benzene rings is 1. The zero-order valence-electron chi connectivity index (χ0n) is 15.6. The van der Waals surface area contributed by atoms with Crippen molar-refractivity contribution in [3.8, 4) is 0 Å². The molecule has 4 aliphatic rings. The van der Waals surface area contributed by atoms with Crippen molar-refractivity contribution < 1.29 is 14.3 Å². The monoisotopic (exact) mass is 355 g/mol. The van der Waals surface area contributed by atoms with Gasteiger partial charge >= 0.3 is 5.97 Å². The van der Waals surface area contributed by atoms with E-state index in [0.29, 0.717) is 12.2 Å². The molecule has 0 saturated heterocycles. The van der Waals surface area contributed by atoms with Gasteiger partial charge in [0.25, 0.3) is 0 Å². The molecule has 1 aromatic rings. The molecule has 26 heavy (non-hydrogen) atoms. The summed E-state index contributed by atoms with van der Waals surface area (Å²) in [6.45, 7) is 2.52. The molecule has 1 N–H and O–H groups in total. The van der Waals surface area contributed by atoms with Crippen LogP contribution in [0.4, 0.5) is 5.69 Å². The van der Waals surface area contributed by atoms with Gasteiger partial charge in [-0.1, -0.05) is 13.3 Å². The first-order valence-electron chi connectivity index (χ1n) is 10.2. The Balaban J connectivity index is 1.38. The highest BCUT2D eigenvalue weighted by molar-refractivity contribution is 5.96. The minimum absolute atomic E-state index is 0.146. The maximum atomic E-state index is 13.1. The number of rotatable bonds is 6. The summed E-state index contributed by atoms with van der Waals surface area (Å²) in [7, 11) is 0. The molecule has 4 saturated carbocycles. The Hall–Kier alpha value is -1.84. The summed E-state index contributed by atoms with van der Waals surface area (Å²) >= 11 is 0. The van der Waals surface area contributed by atoms with E-state index in [-0.39, 0.29) is 17.3 Å². The molecule has 140 valence electrons. The molecule has 4 bridgehead atoms. The van der Waals surface area contributed by atoms with Gasteiger partial charge in [-0.15, -0.1) is 0 Å². The number of nitrogens with one attached hydrogen (secondary N) is 1. The maximum absolute atomic E-state index is 13.1. The van der Waals surface area contributed by atoms with E-state index in [1.165, 1.54) is 19.3 Å². The fourth-order valence-electron chi connectivity index (χ4n) is 5.73. The van der Waals surface area contributed by atoms with Gasteiger partial charge in [0.05, 0.1) is 17.6 Å². The van der Waals surface area contributed by atoms with Crippen LogP contribution in [0.3, 0.4) is 0 Å². The molecule has 4 heteroatoms. The Morgan fingerprint density at radius 3 is 2.15 bits per heavy atom. The molecule has 0 atom stereocenters. The molecule has 0 heterocycles. The zero-order valence-corrected chi connectivity index (χ0v) is 15.6. The van der Waals surface area contributed by atoms with Crippen molar-refractivity contribution >= 4 is 17.6 Å². The van der Waals surface area contributed by atoms with Crippen LogP contribution < -0.4 is 5.32 Å². The molecular formula is C22H29NO3. The summed E-state index contributed by atoms with van der Waals surface area (Å²) in [6.07, 6.45) is 9.07. The number of unbranched alkanes of at least 4 members (excludes halogenated alkanes) is 1. The van der Waals surface area contributed by atoms with E-state index in [0.717, 1.165) is 55.5 Å². The highest BCUT2D eigenvalue weighted by Crippen LogP contribution is 2.60. The van der Waals surface area contributed by atoms with Crippen molar-refractivity contribution in [2.75, 3.05) is 11.9 Å². The first-order valence-corrected chi connectivity index (χ1v) is 10.2. The van der Waals surface area contributed by atoms with Crippen LogP contribution in [-0.4, -0.2) is 18.5 Å². The molecule has 4 aliphatic carbocycles. The molecular weight excluding hydrogens is 326 g/mol. The lowest BCUT2D eigenvalue weighted by atomic mass is 9.49. The van der Waals surface area contributed by atoms with Crippen LogP contribution in [0.15, 0.2) is 24.3 Å². The average molecular weight is 355 g/mol. The molecule has 4 fully saturated rings. The molecule has 1 aromatic carbocycles. The predicted octanol–water partition coefficient (Wildman–Crippen LogP) is 4.80. The summed E-state index contributed by atoms with van der Waals surface area (Å²) < 4.78 is 5.23. The average Bonchev–Trinajstić information content (AvgIpc) is 2.61. The highest BCUT2D eigenvalue weighted by atomic mass is 16.5. The van der Waals surface area contributed by atoms with E-state index in [9.17, 15) is 9.59 Å². The largest absolute Gasteiger partial charge is 0.462 e. The second kappa shape index (κ2) is 7.05. The third kappa shape index (κ3) is 3.38. The van der Waals surface area contributed by atoms with Crippen LogP contribution in [0.2, 0.25) is 0 Å². The topological polar surface area (TPSA) is 55.4 Å². The Kier molecular flexibility index (Phi) is 4.76. The van der Waals surface area contributed by atoms with Crippen LogP contribution in [0.5, 0.6) is 0 Å². The molecule has 0 aromatic heterocycles. The third-order valence-electron chi connectivity index (χ3n) is 6.63. The number of esters is 1. The second-order valence-electron chi connectivity index (χ2n) is 8.72. The number of anilines is 1. The molecule has 0 spiro atoms. The summed E-state index contributed by atoms with van der Waals surface area (Å²) in [5.41, 5.74) is 1.16. The van der Waals surface area contributed by atoms with Crippen LogP contribution in [0.25, 0.3) is 0 Å². The fourth-order valence-corrected chi connectivity index (χ4v) is 5.73. The van der Waals surface area contributed by atoms with Crippen LogP contribution in [0.1, 0.15) is 68.6 Å². The first kappa shape index (κ1) is 17.6. The molecule has 5 rings (SSSR count). The van der Waals surface area contributed by atoms with E-state index in [1.54, 1.807) is 12.1 Å². The Bertz CT molecular complexity index is 644. The number of carbonyl (C=O) groups excluding carboxylic acids is 2. The van der Waals surface area contributed by atoms with Crippen LogP contribution >= 0.6 is 0 Å². The Morgan fingerprint density at radius 2 is 1.62 bits per heavy atom. The zero-order chi connectivity index (χ0) is 18.1. The maximum Gasteiger partial charge on any atom is 0.338 e. The second-order valence-corrected chi connectivity index (χ2v) is 8.72. The van der Waals surface area contributed by atoms with Gasteiger partial charge in [-0.2, -0.15) is 0 Å². The minimum Gasteiger partial charge on any atom is -0.462 e. The lowest BCUT2D eigenvalue weighted by molar-refractivity contribution is -0.140. The van der Waals surface area contributed by atoms with E-state index < -0.39 is 0 Å². The van der Waals surface area contributed by atoms with Gasteiger partial charge in [-0.3, -0.25) is 4.79 Å². The third-order valence-corrected chi connectivity index (χ3v) is 6.63. The predicted molar refractivity (Wildman–Crippen MR) is 101 cm³/mol. The quantitative estimate of drug-likeness (QED) is 0.589. The van der Waals surface area contributed by atoms with E-state index >= 15 is 0 Å². The van der Waals surface area contributed by atoms with Crippen molar-refractivity contribution in [3.63, 3.8) is 0 Å². The van der Waals surface area contributed by atoms with Crippen molar-refractivity contribution in [1.82, 2.24) is 0 Å². The molecule has 4 nitrogen and oxygen atoms in total. The molecule has 1 amide bonds. The van der Waals surface area contributed by atoms with Crippen molar-refractivity contribution in [2.45, 2.75) is 58.3 Å². The number of hydrogen-bond donors (Lipinski definition) is 1. The molecule has 0 unspecified atom stereocenters. The molecule has 0 radical (unpaired) electrons. The number of ether oxygens (including phenoxy) is 1. The Labute approximate surface area is 155 Å². The van der Waals surface area contributed by atoms with Crippen LogP contribution in [-0.2, 0) is 9.53 Å². The summed E-state index contributed by atoms with van der Waals surface area (Å²) in [5.74, 6) is 2.17. The fraction of sp³-hybridized carbons (Fsp3) is 0.636. The lowest BCUT2D eigenvalue weighted by Gasteiger charge is -2.55. The smallest absolute Gasteiger partial charge is 0.338 e. The standard InChI is InChI=1S/C22H29NO3/c1-2-3-8-26-20(24)18-4-6-19(7-5-18)23-21(25)22-12-15-9-16(13-22)11-17(10-15)14-22/h4-7,15-17H,2-3,8-14H2,1H3,(H,23,25). The number of hydrogen-bond acceptors (Lipinski definition) is 3. The number of carbonyl (C=O) groups is 2. The van der Waals surface area contributed by atoms with Gasteiger partial charge < -0.3 is 10.1 Å². The van der Waals surface area contributed by atoms with E-state index in [2.05, 4.69) is 12.2 Å². The first-order chi connectivity index (χ1) is 12.6. The van der Waals surface area contributed by atoms with E-state index in [1.807, 2.05) is 12.1 Å². The summed E-state index contributed by atoms with van der Waals surface area (Å²) in [4.78, 5) is 25.0. The van der Waals surface area contributed by atoms with Gasteiger partial charge in [-0.05, 0) is 87.0 Å². The van der Waals surface area contributed by atoms with Crippen LogP contribution in [0, 0.1) is 23.2 Å². The Morgan fingerprint density at radius 1 is 1.04 bits per heavy atom. The van der Waals surface area contributed by atoms with Gasteiger partial charge in [-0.25, -0.2) is 4.79 Å². The minimum atomic E-state index is -0.294. The SMILES string of the molecule is CCCCOC(=O)c1ccc(NC(=O)C23CC4CC(CC(C4)C2)C3)cc1. The van der Waals surface area contributed by atoms with Crippen molar-refractivity contribution in [2.24, 2.45) is 23.2 Å². The summed E-state index contributed by atoms with van der Waals surface area (Å²) in [6, 6.07) is 7.11. The van der Waals surface area contributed by atoms with Gasteiger partial charge in [0.1, 0.15) is 0 Å². The van der Waals surface area contributed by atoms with Crippen molar-refractivity contribution in [3.05, 3.63) is 29.8 Å². The van der Waals surface area contributed by atoms with Gasteiger partial charge in [0.2, 0.25) is 5.91 Å². The van der Waals surface area contributed by atoms with Gasteiger partial charge in [0.15, 0.2) is 0 Å². The normalized spacial score (nSPS) is 31.7.